The van der Waals surface area contributed by atoms with Crippen LogP contribution >= 0.6 is 11.3 Å². The Morgan fingerprint density at radius 3 is 2.76 bits per heavy atom. The number of anilines is 1. The first-order valence-corrected chi connectivity index (χ1v) is 8.06. The number of hydrogen-bond donors (Lipinski definition) is 1. The predicted molar refractivity (Wildman–Crippen MR) is 92.2 cm³/mol. The van der Waals surface area contributed by atoms with Gasteiger partial charge >= 0.3 is 6.01 Å². The molecule has 2 aromatic heterocycles. The van der Waals surface area contributed by atoms with Gasteiger partial charge in [0.15, 0.2) is 0 Å². The molecule has 0 aliphatic rings. The molecule has 9 heteroatoms. The number of non-ortho nitro benzene ring substituents is 1. The van der Waals surface area contributed by atoms with Crippen LogP contribution in [0.15, 0.2) is 52.3 Å². The van der Waals surface area contributed by atoms with Crippen LogP contribution in [-0.4, -0.2) is 21.0 Å². The Bertz CT molecular complexity index is 901. The minimum absolute atomic E-state index is 0.00858. The zero-order valence-electron chi connectivity index (χ0n) is 12.8. The molecule has 8 nitrogen and oxygen atoms in total. The maximum Gasteiger partial charge on any atom is 0.322 e. The van der Waals surface area contributed by atoms with E-state index in [1.54, 1.807) is 23.5 Å². The number of benzene rings is 1. The van der Waals surface area contributed by atoms with Crippen molar-refractivity contribution in [2.75, 3.05) is 5.32 Å². The van der Waals surface area contributed by atoms with Crippen LogP contribution in [0.1, 0.15) is 16.3 Å². The van der Waals surface area contributed by atoms with E-state index in [1.807, 2.05) is 17.5 Å². The summed E-state index contributed by atoms with van der Waals surface area (Å²) >= 11 is 1.58. The summed E-state index contributed by atoms with van der Waals surface area (Å²) < 4.78 is 5.37. The van der Waals surface area contributed by atoms with Crippen LogP contribution in [0.4, 0.5) is 11.7 Å². The summed E-state index contributed by atoms with van der Waals surface area (Å²) in [6.45, 7) is 0. The number of rotatable bonds is 6. The fourth-order valence-corrected chi connectivity index (χ4v) is 2.66. The van der Waals surface area contributed by atoms with Crippen LogP contribution in [0.25, 0.3) is 6.08 Å². The molecule has 0 spiro atoms. The van der Waals surface area contributed by atoms with Gasteiger partial charge in [-0.1, -0.05) is 11.2 Å². The zero-order valence-corrected chi connectivity index (χ0v) is 13.6. The van der Waals surface area contributed by atoms with E-state index in [-0.39, 0.29) is 11.7 Å². The maximum atomic E-state index is 11.9. The quantitative estimate of drug-likeness (QED) is 0.412. The molecule has 25 heavy (non-hydrogen) atoms. The second kappa shape index (κ2) is 7.49. The SMILES string of the molecule is O=C(/C=C\c1ccc([N+](=O)[O-])cc1)Nc1nnc(Cc2cccs2)o1. The topological polar surface area (TPSA) is 111 Å². The lowest BCUT2D eigenvalue weighted by Gasteiger charge is -1.95. The maximum absolute atomic E-state index is 11.9. The van der Waals surface area contributed by atoms with Gasteiger partial charge in [0.1, 0.15) is 0 Å². The molecule has 1 N–H and O–H groups in total. The van der Waals surface area contributed by atoms with Gasteiger partial charge in [0.25, 0.3) is 11.6 Å². The molecule has 0 unspecified atom stereocenters. The number of carbonyl (C=O) groups is 1. The molecule has 0 saturated heterocycles. The monoisotopic (exact) mass is 356 g/mol. The smallest absolute Gasteiger partial charge is 0.322 e. The molecule has 3 rings (SSSR count). The highest BCUT2D eigenvalue weighted by molar-refractivity contribution is 7.09. The van der Waals surface area contributed by atoms with Crippen LogP contribution in [0.5, 0.6) is 0 Å². The number of aromatic nitrogens is 2. The first-order valence-electron chi connectivity index (χ1n) is 7.18. The number of nitro groups is 1. The minimum Gasteiger partial charge on any atom is -0.407 e. The van der Waals surface area contributed by atoms with E-state index in [1.165, 1.54) is 24.3 Å². The largest absolute Gasteiger partial charge is 0.407 e. The summed E-state index contributed by atoms with van der Waals surface area (Å²) in [6.07, 6.45) is 3.32. The summed E-state index contributed by atoms with van der Waals surface area (Å²) in [5.41, 5.74) is 0.649. The molecule has 0 fully saturated rings. The number of amides is 1. The van der Waals surface area contributed by atoms with E-state index < -0.39 is 10.8 Å². The number of nitrogens with one attached hydrogen (secondary N) is 1. The van der Waals surface area contributed by atoms with Gasteiger partial charge in [-0.05, 0) is 35.2 Å². The molecule has 0 atom stereocenters. The molecule has 0 bridgehead atoms. The lowest BCUT2D eigenvalue weighted by Crippen LogP contribution is -2.07. The van der Waals surface area contributed by atoms with Crippen LogP contribution in [0.3, 0.4) is 0 Å². The van der Waals surface area contributed by atoms with Gasteiger partial charge in [0, 0.05) is 23.1 Å². The van der Waals surface area contributed by atoms with E-state index in [2.05, 4.69) is 15.5 Å². The van der Waals surface area contributed by atoms with Crippen molar-refractivity contribution in [2.24, 2.45) is 0 Å². The fourth-order valence-electron chi connectivity index (χ4n) is 1.96. The van der Waals surface area contributed by atoms with Gasteiger partial charge in [0.05, 0.1) is 11.3 Å². The summed E-state index contributed by atoms with van der Waals surface area (Å²) in [4.78, 5) is 23.0. The molecule has 1 amide bonds. The second-order valence-electron chi connectivity index (χ2n) is 4.93. The molecule has 0 saturated carbocycles. The lowest BCUT2D eigenvalue weighted by molar-refractivity contribution is -0.384. The van der Waals surface area contributed by atoms with Gasteiger partial charge < -0.3 is 4.42 Å². The molecular formula is C16H12N4O4S. The van der Waals surface area contributed by atoms with Crippen molar-refractivity contribution in [3.63, 3.8) is 0 Å². The standard InChI is InChI=1S/C16H12N4O4S/c21-14(8-5-11-3-6-12(7-4-11)20(22)23)17-16-19-18-15(24-16)10-13-2-1-9-25-13/h1-9H,10H2,(H,17,19,21)/b8-5-. The Hall–Kier alpha value is -3.33. The third kappa shape index (κ3) is 4.58. The average molecular weight is 356 g/mol. The first kappa shape index (κ1) is 16.5. The van der Waals surface area contributed by atoms with E-state index in [4.69, 9.17) is 4.42 Å². The molecular weight excluding hydrogens is 344 g/mol. The Kier molecular flexibility index (Phi) is 4.95. The highest BCUT2D eigenvalue weighted by atomic mass is 32.1. The summed E-state index contributed by atoms with van der Waals surface area (Å²) in [7, 11) is 0. The highest BCUT2D eigenvalue weighted by Gasteiger charge is 2.09. The number of hydrogen-bond acceptors (Lipinski definition) is 7. The Labute approximate surface area is 146 Å². The molecule has 1 aromatic carbocycles. The van der Waals surface area contributed by atoms with Gasteiger partial charge in [0.2, 0.25) is 5.89 Å². The summed E-state index contributed by atoms with van der Waals surface area (Å²) in [5.74, 6) is -0.0261. The van der Waals surface area contributed by atoms with E-state index in [0.29, 0.717) is 17.9 Å². The van der Waals surface area contributed by atoms with E-state index in [9.17, 15) is 14.9 Å². The Morgan fingerprint density at radius 1 is 1.28 bits per heavy atom. The number of carbonyl (C=O) groups excluding carboxylic acids is 1. The fraction of sp³-hybridized carbons (Fsp3) is 0.0625. The molecule has 0 aliphatic heterocycles. The Balaban J connectivity index is 1.57. The van der Waals surface area contributed by atoms with Crippen molar-refractivity contribution in [2.45, 2.75) is 6.42 Å². The third-order valence-electron chi connectivity index (χ3n) is 3.13. The van der Waals surface area contributed by atoms with Crippen LogP contribution in [0, 0.1) is 10.1 Å². The van der Waals surface area contributed by atoms with E-state index >= 15 is 0 Å². The van der Waals surface area contributed by atoms with Crippen molar-refractivity contribution < 1.29 is 14.1 Å². The Morgan fingerprint density at radius 2 is 2.08 bits per heavy atom. The van der Waals surface area contributed by atoms with Crippen LogP contribution in [0.2, 0.25) is 0 Å². The lowest BCUT2D eigenvalue weighted by atomic mass is 10.2. The number of thiophene rings is 1. The summed E-state index contributed by atoms with van der Waals surface area (Å²) in [5, 5.41) is 22.7. The molecule has 2 heterocycles. The average Bonchev–Trinajstić information content (AvgIpc) is 3.26. The molecule has 0 aliphatic carbocycles. The minimum atomic E-state index is -0.483. The highest BCUT2D eigenvalue weighted by Crippen LogP contribution is 2.16. The van der Waals surface area contributed by atoms with Crippen molar-refractivity contribution in [3.05, 3.63) is 74.3 Å². The van der Waals surface area contributed by atoms with E-state index in [0.717, 1.165) is 4.88 Å². The first-order chi connectivity index (χ1) is 12.1. The summed E-state index contributed by atoms with van der Waals surface area (Å²) in [6, 6.07) is 9.74. The van der Waals surface area contributed by atoms with Gasteiger partial charge in [-0.25, -0.2) is 0 Å². The van der Waals surface area contributed by atoms with Gasteiger partial charge in [-0.2, -0.15) is 0 Å². The van der Waals surface area contributed by atoms with Crippen molar-refractivity contribution in [1.29, 1.82) is 0 Å². The van der Waals surface area contributed by atoms with Crippen molar-refractivity contribution >= 4 is 35.0 Å². The van der Waals surface area contributed by atoms with Crippen molar-refractivity contribution in [3.8, 4) is 0 Å². The van der Waals surface area contributed by atoms with Gasteiger partial charge in [-0.3, -0.25) is 20.2 Å². The van der Waals surface area contributed by atoms with Crippen LogP contribution in [-0.2, 0) is 11.2 Å². The predicted octanol–water partition coefficient (Wildman–Crippen LogP) is 3.28. The van der Waals surface area contributed by atoms with Gasteiger partial charge in [-0.15, -0.1) is 16.4 Å². The second-order valence-corrected chi connectivity index (χ2v) is 5.96. The number of nitro benzene ring substituents is 1. The van der Waals surface area contributed by atoms with Crippen molar-refractivity contribution in [1.82, 2.24) is 10.2 Å². The normalized spacial score (nSPS) is 10.9. The molecule has 0 radical (unpaired) electrons. The zero-order chi connectivity index (χ0) is 17.6. The van der Waals surface area contributed by atoms with Crippen LogP contribution < -0.4 is 5.32 Å². The molecule has 3 aromatic rings. The molecule has 126 valence electrons. The number of nitrogens with zero attached hydrogens (tertiary/aromatic N) is 3. The third-order valence-corrected chi connectivity index (χ3v) is 4.01.